The first kappa shape index (κ1) is 25.1. The molecule has 0 radical (unpaired) electrons. The van der Waals surface area contributed by atoms with Gasteiger partial charge in [-0.1, -0.05) is 36.4 Å². The van der Waals surface area contributed by atoms with Gasteiger partial charge in [-0.25, -0.2) is 12.8 Å². The number of piperazine rings is 1. The van der Waals surface area contributed by atoms with Gasteiger partial charge in [0.2, 0.25) is 15.9 Å². The van der Waals surface area contributed by atoms with E-state index in [0.717, 1.165) is 9.44 Å². The van der Waals surface area contributed by atoms with E-state index in [-0.39, 0.29) is 35.7 Å². The monoisotopic (exact) mass is 540 g/mol. The number of thiophene rings is 1. The molecule has 1 aliphatic rings. The molecule has 1 saturated heterocycles. The lowest BCUT2D eigenvalue weighted by Gasteiger charge is -2.35. The van der Waals surface area contributed by atoms with Gasteiger partial charge in [-0.15, -0.1) is 11.3 Å². The summed E-state index contributed by atoms with van der Waals surface area (Å²) in [6.45, 7) is 0.984. The number of carbonyl (C=O) groups is 1. The Morgan fingerprint density at radius 3 is 2.35 bits per heavy atom. The second kappa shape index (κ2) is 10.4. The number of carbonyl (C=O) groups excluding carboxylic acids is 1. The van der Waals surface area contributed by atoms with Crippen LogP contribution in [0.4, 0.5) is 10.1 Å². The molecule has 1 amide bonds. The lowest BCUT2D eigenvalue weighted by atomic mass is 10.2. The summed E-state index contributed by atoms with van der Waals surface area (Å²) in [5, 5.41) is 5.20. The molecule has 1 N–H and O–H groups in total. The van der Waals surface area contributed by atoms with Gasteiger partial charge in [-0.05, 0) is 29.6 Å². The maximum Gasteiger partial charge on any atom is 0.258 e. The number of hydrogen-bond donors (Lipinski definition) is 1. The number of nitrogens with one attached hydrogen (secondary N) is 1. The highest BCUT2D eigenvalue weighted by Crippen LogP contribution is 2.26. The summed E-state index contributed by atoms with van der Waals surface area (Å²) in [7, 11) is -4.00. The molecule has 37 heavy (non-hydrogen) atoms. The van der Waals surface area contributed by atoms with Crippen molar-refractivity contribution in [3.63, 3.8) is 0 Å². The molecule has 0 atom stereocenters. The van der Waals surface area contributed by atoms with Crippen LogP contribution >= 0.6 is 11.3 Å². The van der Waals surface area contributed by atoms with E-state index in [1.165, 1.54) is 27.9 Å². The second-order valence-corrected chi connectivity index (χ2v) is 11.6. The predicted molar refractivity (Wildman–Crippen MR) is 142 cm³/mol. The molecule has 2 aromatic carbocycles. The maximum absolute atomic E-state index is 14.2. The van der Waals surface area contributed by atoms with E-state index in [0.29, 0.717) is 30.7 Å². The van der Waals surface area contributed by atoms with E-state index in [9.17, 15) is 22.4 Å². The first-order valence-corrected chi connectivity index (χ1v) is 14.1. The second-order valence-electron chi connectivity index (χ2n) is 8.67. The number of fused-ring (bicyclic) bond motifs is 1. The van der Waals surface area contributed by atoms with Gasteiger partial charge >= 0.3 is 0 Å². The minimum Gasteiger partial charge on any atom is -0.367 e. The molecule has 3 heterocycles. The first-order valence-electron chi connectivity index (χ1n) is 11.8. The highest BCUT2D eigenvalue weighted by atomic mass is 32.2. The van der Waals surface area contributed by atoms with Crippen LogP contribution in [0.3, 0.4) is 0 Å². The zero-order valence-electron chi connectivity index (χ0n) is 19.8. The van der Waals surface area contributed by atoms with E-state index >= 15 is 0 Å². The van der Waals surface area contributed by atoms with Crippen LogP contribution in [0.5, 0.6) is 0 Å². The summed E-state index contributed by atoms with van der Waals surface area (Å²) in [6.07, 6.45) is 1.26. The molecule has 0 saturated carbocycles. The molecule has 5 rings (SSSR count). The van der Waals surface area contributed by atoms with Crippen molar-refractivity contribution in [2.24, 2.45) is 0 Å². The third-order valence-electron chi connectivity index (χ3n) is 6.36. The van der Waals surface area contributed by atoms with Gasteiger partial charge < -0.3 is 14.8 Å². The van der Waals surface area contributed by atoms with Crippen LogP contribution in [0.25, 0.3) is 10.8 Å². The van der Waals surface area contributed by atoms with Crippen molar-refractivity contribution in [1.82, 2.24) is 14.2 Å². The van der Waals surface area contributed by atoms with Crippen LogP contribution in [-0.4, -0.2) is 49.4 Å². The molecule has 0 aliphatic carbocycles. The molecule has 1 aliphatic heterocycles. The normalized spacial score (nSPS) is 14.7. The average Bonchev–Trinajstić information content (AvgIpc) is 3.43. The Bertz CT molecular complexity index is 1590. The predicted octanol–water partition coefficient (Wildman–Crippen LogP) is 3.03. The quantitative estimate of drug-likeness (QED) is 0.389. The number of para-hydroxylation sites is 1. The van der Waals surface area contributed by atoms with E-state index in [1.54, 1.807) is 42.5 Å². The Morgan fingerprint density at radius 2 is 1.65 bits per heavy atom. The SMILES string of the molecule is O=C(Cn1cc(S(=O)(=O)N2CCN(c3ccccc3F)CC2)c2ccccc2c1=O)NCc1cccs1. The fraction of sp³-hybridized carbons (Fsp3) is 0.231. The van der Waals surface area contributed by atoms with E-state index < -0.39 is 21.5 Å². The van der Waals surface area contributed by atoms with Crippen LogP contribution in [0.15, 0.2) is 81.9 Å². The largest absolute Gasteiger partial charge is 0.367 e. The number of sulfonamides is 1. The molecule has 192 valence electrons. The molecule has 4 aromatic rings. The Balaban J connectivity index is 1.41. The Morgan fingerprint density at radius 1 is 0.946 bits per heavy atom. The maximum atomic E-state index is 14.2. The summed E-state index contributed by atoms with van der Waals surface area (Å²) in [5.74, 6) is -0.748. The molecular formula is C26H25FN4O4S2. The molecule has 11 heteroatoms. The van der Waals surface area contributed by atoms with Crippen molar-refractivity contribution in [2.45, 2.75) is 18.0 Å². The first-order chi connectivity index (χ1) is 17.8. The number of benzene rings is 2. The standard InChI is InChI=1S/C26H25FN4O4S2/c27-22-9-3-4-10-23(22)29-11-13-31(14-12-29)37(34,35)24-17-30(26(33)21-8-2-1-7-20(21)24)18-25(32)28-16-19-6-5-15-36-19/h1-10,15,17H,11-14,16,18H2,(H,28,32). The minimum absolute atomic E-state index is 0.0342. The van der Waals surface area contributed by atoms with E-state index in [1.807, 2.05) is 22.4 Å². The van der Waals surface area contributed by atoms with Crippen molar-refractivity contribution in [2.75, 3.05) is 31.1 Å². The van der Waals surface area contributed by atoms with E-state index in [4.69, 9.17) is 0 Å². The van der Waals surface area contributed by atoms with Crippen molar-refractivity contribution in [3.05, 3.63) is 93.3 Å². The Hall–Kier alpha value is -3.54. The Kier molecular flexibility index (Phi) is 7.09. The highest BCUT2D eigenvalue weighted by Gasteiger charge is 2.31. The van der Waals surface area contributed by atoms with Crippen molar-refractivity contribution >= 4 is 43.7 Å². The van der Waals surface area contributed by atoms with Crippen LogP contribution in [0.2, 0.25) is 0 Å². The zero-order valence-corrected chi connectivity index (χ0v) is 21.5. The summed E-state index contributed by atoms with van der Waals surface area (Å²) < 4.78 is 44.2. The van der Waals surface area contributed by atoms with Crippen molar-refractivity contribution in [1.29, 1.82) is 0 Å². The number of pyridine rings is 1. The molecular weight excluding hydrogens is 515 g/mol. The van der Waals surface area contributed by atoms with Crippen LogP contribution in [0.1, 0.15) is 4.88 Å². The number of rotatable bonds is 7. The van der Waals surface area contributed by atoms with Crippen LogP contribution < -0.4 is 15.8 Å². The number of halogens is 1. The summed E-state index contributed by atoms with van der Waals surface area (Å²) >= 11 is 1.50. The van der Waals surface area contributed by atoms with Gasteiger partial charge in [-0.2, -0.15) is 4.31 Å². The van der Waals surface area contributed by atoms with Crippen molar-refractivity contribution < 1.29 is 17.6 Å². The Labute approximate surface area is 217 Å². The summed E-state index contributed by atoms with van der Waals surface area (Å²) in [6, 6.07) is 16.7. The average molecular weight is 541 g/mol. The van der Waals surface area contributed by atoms with Gasteiger partial charge in [0.25, 0.3) is 5.56 Å². The summed E-state index contributed by atoms with van der Waals surface area (Å²) in [5.41, 5.74) is -0.00250. The van der Waals surface area contributed by atoms with Crippen LogP contribution in [0, 0.1) is 5.82 Å². The zero-order chi connectivity index (χ0) is 26.0. The molecule has 2 aromatic heterocycles. The number of amides is 1. The lowest BCUT2D eigenvalue weighted by Crippen LogP contribution is -2.49. The van der Waals surface area contributed by atoms with Gasteiger partial charge in [-0.3, -0.25) is 9.59 Å². The smallest absolute Gasteiger partial charge is 0.258 e. The van der Waals surface area contributed by atoms with Gasteiger partial charge in [0.1, 0.15) is 17.3 Å². The highest BCUT2D eigenvalue weighted by molar-refractivity contribution is 7.89. The molecule has 0 spiro atoms. The van der Waals surface area contributed by atoms with Gasteiger partial charge in [0, 0.05) is 48.0 Å². The van der Waals surface area contributed by atoms with E-state index in [2.05, 4.69) is 5.32 Å². The topological polar surface area (TPSA) is 91.7 Å². The third kappa shape index (κ3) is 5.15. The molecule has 8 nitrogen and oxygen atoms in total. The van der Waals surface area contributed by atoms with Gasteiger partial charge in [0.15, 0.2) is 0 Å². The molecule has 1 fully saturated rings. The third-order valence-corrected chi connectivity index (χ3v) is 9.16. The number of hydrogen-bond acceptors (Lipinski definition) is 6. The van der Waals surface area contributed by atoms with Crippen LogP contribution in [-0.2, 0) is 27.9 Å². The molecule has 0 bridgehead atoms. The minimum atomic E-state index is -4.00. The fourth-order valence-electron chi connectivity index (χ4n) is 4.46. The molecule has 0 unspecified atom stereocenters. The lowest BCUT2D eigenvalue weighted by molar-refractivity contribution is -0.121. The number of aromatic nitrogens is 1. The summed E-state index contributed by atoms with van der Waals surface area (Å²) in [4.78, 5) is 28.5. The fourth-order valence-corrected chi connectivity index (χ4v) is 6.74. The van der Waals surface area contributed by atoms with Gasteiger partial charge in [0.05, 0.1) is 12.2 Å². The number of anilines is 1. The van der Waals surface area contributed by atoms with Crippen molar-refractivity contribution in [3.8, 4) is 0 Å². The number of nitrogens with zero attached hydrogens (tertiary/aromatic N) is 3.